The first-order chi connectivity index (χ1) is 10.0. The average molecular weight is 310 g/mol. The SMILES string of the molecule is CCCS(=O)(=O)NC1CCCN(C(=O)c2ccccc2)C1. The molecule has 0 bridgehead atoms. The number of carbonyl (C=O) groups excluding carboxylic acids is 1. The summed E-state index contributed by atoms with van der Waals surface area (Å²) in [5.41, 5.74) is 0.648. The van der Waals surface area contributed by atoms with Crippen LogP contribution in [0.15, 0.2) is 30.3 Å². The van der Waals surface area contributed by atoms with E-state index in [1.54, 1.807) is 17.0 Å². The predicted octanol–water partition coefficient (Wildman–Crippen LogP) is 1.62. The molecular formula is C15H22N2O3S. The van der Waals surface area contributed by atoms with E-state index >= 15 is 0 Å². The van der Waals surface area contributed by atoms with Crippen molar-refractivity contribution in [2.75, 3.05) is 18.8 Å². The third-order valence-corrected chi connectivity index (χ3v) is 5.19. The Balaban J connectivity index is 1.99. The van der Waals surface area contributed by atoms with Crippen LogP contribution in [-0.2, 0) is 10.0 Å². The normalized spacial score (nSPS) is 19.5. The van der Waals surface area contributed by atoms with Crippen LogP contribution in [-0.4, -0.2) is 44.1 Å². The number of hydrogen-bond acceptors (Lipinski definition) is 3. The van der Waals surface area contributed by atoms with Gasteiger partial charge in [-0.15, -0.1) is 0 Å². The molecule has 1 amide bonds. The molecule has 21 heavy (non-hydrogen) atoms. The lowest BCUT2D eigenvalue weighted by atomic mass is 10.1. The topological polar surface area (TPSA) is 66.5 Å². The third-order valence-electron chi connectivity index (χ3n) is 3.55. The molecule has 0 spiro atoms. The highest BCUT2D eigenvalue weighted by Gasteiger charge is 2.26. The number of hydrogen-bond donors (Lipinski definition) is 1. The van der Waals surface area contributed by atoms with Gasteiger partial charge in [-0.3, -0.25) is 4.79 Å². The van der Waals surface area contributed by atoms with E-state index < -0.39 is 10.0 Å². The smallest absolute Gasteiger partial charge is 0.253 e. The van der Waals surface area contributed by atoms with Crippen LogP contribution >= 0.6 is 0 Å². The van der Waals surface area contributed by atoms with Gasteiger partial charge in [0.05, 0.1) is 5.75 Å². The molecule has 1 saturated heterocycles. The van der Waals surface area contributed by atoms with E-state index in [2.05, 4.69) is 4.72 Å². The van der Waals surface area contributed by atoms with E-state index in [0.29, 0.717) is 25.1 Å². The zero-order valence-corrected chi connectivity index (χ0v) is 13.1. The van der Waals surface area contributed by atoms with E-state index in [1.807, 2.05) is 25.1 Å². The molecule has 2 rings (SSSR count). The lowest BCUT2D eigenvalue weighted by Crippen LogP contribution is -2.49. The maximum atomic E-state index is 12.4. The minimum atomic E-state index is -3.23. The first-order valence-corrected chi connectivity index (χ1v) is 9.01. The average Bonchev–Trinajstić information content (AvgIpc) is 2.47. The fraction of sp³-hybridized carbons (Fsp3) is 0.533. The van der Waals surface area contributed by atoms with Crippen molar-refractivity contribution in [2.24, 2.45) is 0 Å². The van der Waals surface area contributed by atoms with Crippen molar-refractivity contribution in [1.29, 1.82) is 0 Å². The van der Waals surface area contributed by atoms with Gasteiger partial charge in [0.15, 0.2) is 0 Å². The summed E-state index contributed by atoms with van der Waals surface area (Å²) in [4.78, 5) is 14.1. The maximum Gasteiger partial charge on any atom is 0.253 e. The molecule has 6 heteroatoms. The lowest BCUT2D eigenvalue weighted by molar-refractivity contribution is 0.0703. The summed E-state index contributed by atoms with van der Waals surface area (Å²) in [5.74, 6) is 0.103. The van der Waals surface area contributed by atoms with Crippen molar-refractivity contribution >= 4 is 15.9 Å². The third kappa shape index (κ3) is 4.54. The molecule has 0 aromatic heterocycles. The Labute approximate surface area is 126 Å². The summed E-state index contributed by atoms with van der Waals surface area (Å²) in [5, 5.41) is 0. The van der Waals surface area contributed by atoms with Crippen LogP contribution < -0.4 is 4.72 Å². The predicted molar refractivity (Wildman–Crippen MR) is 82.6 cm³/mol. The number of likely N-dealkylation sites (tertiary alicyclic amines) is 1. The molecule has 1 aliphatic heterocycles. The van der Waals surface area contributed by atoms with E-state index in [-0.39, 0.29) is 17.7 Å². The first-order valence-electron chi connectivity index (χ1n) is 7.36. The number of amides is 1. The van der Waals surface area contributed by atoms with Crippen LogP contribution in [0, 0.1) is 0 Å². The minimum Gasteiger partial charge on any atom is -0.337 e. The van der Waals surface area contributed by atoms with Gasteiger partial charge < -0.3 is 4.90 Å². The second-order valence-corrected chi connectivity index (χ2v) is 7.27. The van der Waals surface area contributed by atoms with Crippen LogP contribution in [0.5, 0.6) is 0 Å². The molecule has 1 fully saturated rings. The Hall–Kier alpha value is -1.40. The second-order valence-electron chi connectivity index (χ2n) is 5.39. The number of sulfonamides is 1. The molecule has 1 aliphatic rings. The van der Waals surface area contributed by atoms with E-state index in [0.717, 1.165) is 12.8 Å². The zero-order chi connectivity index (χ0) is 15.3. The largest absolute Gasteiger partial charge is 0.337 e. The molecular weight excluding hydrogens is 288 g/mol. The highest BCUT2D eigenvalue weighted by Crippen LogP contribution is 2.14. The van der Waals surface area contributed by atoms with Crippen molar-refractivity contribution in [1.82, 2.24) is 9.62 Å². The monoisotopic (exact) mass is 310 g/mol. The Morgan fingerprint density at radius 3 is 2.71 bits per heavy atom. The number of nitrogens with one attached hydrogen (secondary N) is 1. The van der Waals surface area contributed by atoms with Crippen LogP contribution in [0.1, 0.15) is 36.5 Å². The molecule has 1 atom stereocenters. The Bertz CT molecular complexity index is 572. The molecule has 5 nitrogen and oxygen atoms in total. The maximum absolute atomic E-state index is 12.4. The molecule has 0 radical (unpaired) electrons. The van der Waals surface area contributed by atoms with Crippen LogP contribution in [0.2, 0.25) is 0 Å². The van der Waals surface area contributed by atoms with E-state index in [9.17, 15) is 13.2 Å². The fourth-order valence-electron chi connectivity index (χ4n) is 2.60. The molecule has 1 aromatic carbocycles. The summed E-state index contributed by atoms with van der Waals surface area (Å²) in [7, 11) is -3.23. The molecule has 1 heterocycles. The summed E-state index contributed by atoms with van der Waals surface area (Å²) >= 11 is 0. The van der Waals surface area contributed by atoms with Gasteiger partial charge >= 0.3 is 0 Å². The minimum absolute atomic E-state index is 0.0324. The van der Waals surface area contributed by atoms with Crippen LogP contribution in [0.25, 0.3) is 0 Å². The highest BCUT2D eigenvalue weighted by molar-refractivity contribution is 7.89. The van der Waals surface area contributed by atoms with Crippen molar-refractivity contribution in [3.8, 4) is 0 Å². The van der Waals surface area contributed by atoms with Gasteiger partial charge in [0.25, 0.3) is 5.91 Å². The molecule has 116 valence electrons. The number of piperidine rings is 1. The quantitative estimate of drug-likeness (QED) is 0.898. The summed E-state index contributed by atoms with van der Waals surface area (Å²) in [6, 6.07) is 8.93. The number of rotatable bonds is 5. The van der Waals surface area contributed by atoms with E-state index in [4.69, 9.17) is 0 Å². The first kappa shape index (κ1) is 16.0. The van der Waals surface area contributed by atoms with Crippen LogP contribution in [0.3, 0.4) is 0 Å². The van der Waals surface area contributed by atoms with Crippen molar-refractivity contribution in [3.05, 3.63) is 35.9 Å². The highest BCUT2D eigenvalue weighted by atomic mass is 32.2. The summed E-state index contributed by atoms with van der Waals surface area (Å²) < 4.78 is 26.4. The van der Waals surface area contributed by atoms with Gasteiger partial charge in [0.1, 0.15) is 0 Å². The Morgan fingerprint density at radius 1 is 1.33 bits per heavy atom. The van der Waals surface area contributed by atoms with Crippen molar-refractivity contribution in [3.63, 3.8) is 0 Å². The Morgan fingerprint density at radius 2 is 2.05 bits per heavy atom. The summed E-state index contributed by atoms with van der Waals surface area (Å²) in [6.07, 6.45) is 2.19. The molecule has 1 unspecified atom stereocenters. The molecule has 1 N–H and O–H groups in total. The second kappa shape index (κ2) is 7.04. The standard InChI is InChI=1S/C15H22N2O3S/c1-2-11-21(19,20)16-14-9-6-10-17(12-14)15(18)13-7-4-3-5-8-13/h3-5,7-8,14,16H,2,6,9-12H2,1H3. The zero-order valence-electron chi connectivity index (χ0n) is 12.3. The fourth-order valence-corrected chi connectivity index (χ4v) is 3.96. The molecule has 1 aromatic rings. The van der Waals surface area contributed by atoms with Gasteiger partial charge in [0, 0.05) is 24.7 Å². The van der Waals surface area contributed by atoms with Gasteiger partial charge in [-0.2, -0.15) is 0 Å². The Kier molecular flexibility index (Phi) is 5.36. The van der Waals surface area contributed by atoms with Crippen LogP contribution in [0.4, 0.5) is 0 Å². The van der Waals surface area contributed by atoms with Crippen molar-refractivity contribution < 1.29 is 13.2 Å². The number of benzene rings is 1. The van der Waals surface area contributed by atoms with Gasteiger partial charge in [-0.05, 0) is 31.4 Å². The summed E-state index contributed by atoms with van der Waals surface area (Å²) in [6.45, 7) is 2.96. The molecule has 0 saturated carbocycles. The lowest BCUT2D eigenvalue weighted by Gasteiger charge is -2.33. The van der Waals surface area contributed by atoms with Gasteiger partial charge in [-0.1, -0.05) is 25.1 Å². The van der Waals surface area contributed by atoms with Gasteiger partial charge in [0.2, 0.25) is 10.0 Å². The number of carbonyl (C=O) groups is 1. The van der Waals surface area contributed by atoms with Gasteiger partial charge in [-0.25, -0.2) is 13.1 Å². The molecule has 0 aliphatic carbocycles. The van der Waals surface area contributed by atoms with E-state index in [1.165, 1.54) is 0 Å². The van der Waals surface area contributed by atoms with Crippen molar-refractivity contribution in [2.45, 2.75) is 32.2 Å². The number of nitrogens with zero attached hydrogens (tertiary/aromatic N) is 1.